The van der Waals surface area contributed by atoms with Crippen molar-refractivity contribution in [2.24, 2.45) is 0 Å². The molecule has 0 bridgehead atoms. The van der Waals surface area contributed by atoms with E-state index in [0.717, 1.165) is 0 Å². The average molecular weight is 342 g/mol. The standard InChI is InChI=1S/C16H18N6O3/c1-16(2,3)21-13-12(9-18-21)14(23)20-15(19-13)17-8-10-5-4-6-11(7-10)22(24)25/h4-7,9H,8H2,1-3H3,(H2,17,19,20,23). The van der Waals surface area contributed by atoms with Gasteiger partial charge in [0.15, 0.2) is 5.65 Å². The van der Waals surface area contributed by atoms with Crippen LogP contribution in [0.2, 0.25) is 0 Å². The highest BCUT2D eigenvalue weighted by atomic mass is 16.6. The Bertz CT molecular complexity index is 999. The lowest BCUT2D eigenvalue weighted by molar-refractivity contribution is -0.384. The van der Waals surface area contributed by atoms with E-state index in [1.54, 1.807) is 16.8 Å². The molecule has 0 unspecified atom stereocenters. The van der Waals surface area contributed by atoms with Crippen molar-refractivity contribution in [2.75, 3.05) is 5.32 Å². The molecule has 130 valence electrons. The second-order valence-corrected chi connectivity index (χ2v) is 6.66. The number of nitro groups is 1. The summed E-state index contributed by atoms with van der Waals surface area (Å²) in [7, 11) is 0. The van der Waals surface area contributed by atoms with Crippen LogP contribution in [0.3, 0.4) is 0 Å². The second-order valence-electron chi connectivity index (χ2n) is 6.66. The van der Waals surface area contributed by atoms with Gasteiger partial charge in [-0.15, -0.1) is 0 Å². The number of nitro benzene ring substituents is 1. The zero-order valence-electron chi connectivity index (χ0n) is 14.1. The number of anilines is 1. The van der Waals surface area contributed by atoms with Crippen molar-refractivity contribution in [3.05, 3.63) is 56.5 Å². The first-order chi connectivity index (χ1) is 11.8. The number of H-pyrrole nitrogens is 1. The molecular formula is C16H18N6O3. The monoisotopic (exact) mass is 342 g/mol. The Kier molecular flexibility index (Phi) is 3.99. The summed E-state index contributed by atoms with van der Waals surface area (Å²) in [5, 5.41) is 18.5. The van der Waals surface area contributed by atoms with Crippen molar-refractivity contribution in [1.29, 1.82) is 0 Å². The number of rotatable bonds is 4. The van der Waals surface area contributed by atoms with E-state index < -0.39 is 4.92 Å². The number of aromatic amines is 1. The van der Waals surface area contributed by atoms with Gasteiger partial charge in [0.1, 0.15) is 5.39 Å². The summed E-state index contributed by atoms with van der Waals surface area (Å²) in [6, 6.07) is 6.28. The number of hydrogen-bond acceptors (Lipinski definition) is 6. The lowest BCUT2D eigenvalue weighted by Gasteiger charge is -2.19. The number of aromatic nitrogens is 4. The molecule has 3 aromatic rings. The maximum absolute atomic E-state index is 12.2. The van der Waals surface area contributed by atoms with Crippen LogP contribution < -0.4 is 10.9 Å². The van der Waals surface area contributed by atoms with Gasteiger partial charge in [-0.25, -0.2) is 4.68 Å². The highest BCUT2D eigenvalue weighted by Gasteiger charge is 2.19. The molecule has 0 aliphatic carbocycles. The normalized spacial score (nSPS) is 11.6. The highest BCUT2D eigenvalue weighted by Crippen LogP contribution is 2.19. The lowest BCUT2D eigenvalue weighted by atomic mass is 10.1. The zero-order chi connectivity index (χ0) is 18.2. The van der Waals surface area contributed by atoms with Gasteiger partial charge < -0.3 is 5.32 Å². The number of nitrogens with one attached hydrogen (secondary N) is 2. The van der Waals surface area contributed by atoms with Gasteiger partial charge in [-0.05, 0) is 26.3 Å². The van der Waals surface area contributed by atoms with Crippen LogP contribution in [0.15, 0.2) is 35.3 Å². The summed E-state index contributed by atoms with van der Waals surface area (Å²) in [4.78, 5) is 29.7. The van der Waals surface area contributed by atoms with E-state index in [2.05, 4.69) is 20.4 Å². The first-order valence-corrected chi connectivity index (χ1v) is 7.71. The van der Waals surface area contributed by atoms with E-state index in [1.165, 1.54) is 18.3 Å². The summed E-state index contributed by atoms with van der Waals surface area (Å²) in [6.45, 7) is 6.20. The third-order valence-corrected chi connectivity index (χ3v) is 3.65. The number of nitrogens with zero attached hydrogens (tertiary/aromatic N) is 4. The number of hydrogen-bond donors (Lipinski definition) is 2. The van der Waals surface area contributed by atoms with Crippen molar-refractivity contribution in [1.82, 2.24) is 19.7 Å². The lowest BCUT2D eigenvalue weighted by Crippen LogP contribution is -2.24. The van der Waals surface area contributed by atoms with Crippen LogP contribution in [0, 0.1) is 10.1 Å². The summed E-state index contributed by atoms with van der Waals surface area (Å²) < 4.78 is 1.69. The molecule has 9 heteroatoms. The fourth-order valence-corrected chi connectivity index (χ4v) is 2.46. The van der Waals surface area contributed by atoms with E-state index in [1.807, 2.05) is 20.8 Å². The molecule has 2 N–H and O–H groups in total. The fraction of sp³-hybridized carbons (Fsp3) is 0.312. The van der Waals surface area contributed by atoms with Crippen LogP contribution in [-0.4, -0.2) is 24.7 Å². The van der Waals surface area contributed by atoms with Gasteiger partial charge in [-0.1, -0.05) is 12.1 Å². The Hall–Kier alpha value is -3.23. The molecule has 0 amide bonds. The number of non-ortho nitro benzene ring substituents is 1. The molecule has 0 atom stereocenters. The zero-order valence-corrected chi connectivity index (χ0v) is 14.1. The van der Waals surface area contributed by atoms with Crippen molar-refractivity contribution in [3.8, 4) is 0 Å². The minimum atomic E-state index is -0.447. The molecule has 0 aliphatic heterocycles. The van der Waals surface area contributed by atoms with Gasteiger partial charge >= 0.3 is 0 Å². The first-order valence-electron chi connectivity index (χ1n) is 7.71. The Labute approximate surface area is 142 Å². The van der Waals surface area contributed by atoms with Gasteiger partial charge in [0.05, 0.1) is 16.7 Å². The molecule has 0 saturated heterocycles. The molecule has 25 heavy (non-hydrogen) atoms. The predicted octanol–water partition coefficient (Wildman–Crippen LogP) is 2.39. The van der Waals surface area contributed by atoms with Crippen molar-refractivity contribution >= 4 is 22.7 Å². The van der Waals surface area contributed by atoms with Crippen LogP contribution in [0.25, 0.3) is 11.0 Å². The van der Waals surface area contributed by atoms with E-state index in [9.17, 15) is 14.9 Å². The van der Waals surface area contributed by atoms with Crippen molar-refractivity contribution in [2.45, 2.75) is 32.9 Å². The van der Waals surface area contributed by atoms with Crippen molar-refractivity contribution < 1.29 is 4.92 Å². The molecular weight excluding hydrogens is 324 g/mol. The topological polar surface area (TPSA) is 119 Å². The summed E-state index contributed by atoms with van der Waals surface area (Å²) in [5.74, 6) is 0.287. The third-order valence-electron chi connectivity index (χ3n) is 3.65. The first kappa shape index (κ1) is 16.6. The molecule has 0 aliphatic rings. The van der Waals surface area contributed by atoms with Gasteiger partial charge in [0, 0.05) is 18.7 Å². The number of fused-ring (bicyclic) bond motifs is 1. The van der Waals surface area contributed by atoms with E-state index in [0.29, 0.717) is 23.1 Å². The summed E-state index contributed by atoms with van der Waals surface area (Å²) in [5.41, 5.74) is 0.600. The van der Waals surface area contributed by atoms with E-state index in [-0.39, 0.29) is 22.7 Å². The van der Waals surface area contributed by atoms with Gasteiger partial charge in [0.2, 0.25) is 5.95 Å². The minimum Gasteiger partial charge on any atom is -0.352 e. The van der Waals surface area contributed by atoms with Crippen LogP contribution in [0.4, 0.5) is 11.6 Å². The fourth-order valence-electron chi connectivity index (χ4n) is 2.46. The molecule has 2 heterocycles. The van der Waals surface area contributed by atoms with Crippen LogP contribution in [-0.2, 0) is 12.1 Å². The van der Waals surface area contributed by atoms with Gasteiger partial charge in [-0.3, -0.25) is 19.9 Å². The SMILES string of the molecule is CC(C)(C)n1ncc2c(=O)[nH]c(NCc3cccc([N+](=O)[O-])c3)nc21. The average Bonchev–Trinajstić information content (AvgIpc) is 2.98. The molecule has 1 aromatic carbocycles. The molecule has 0 spiro atoms. The quantitative estimate of drug-likeness (QED) is 0.555. The summed E-state index contributed by atoms with van der Waals surface area (Å²) in [6.07, 6.45) is 1.50. The van der Waals surface area contributed by atoms with Crippen LogP contribution in [0.5, 0.6) is 0 Å². The Balaban J connectivity index is 1.91. The molecule has 3 rings (SSSR count). The molecule has 0 saturated carbocycles. The second kappa shape index (κ2) is 6.00. The molecule has 9 nitrogen and oxygen atoms in total. The largest absolute Gasteiger partial charge is 0.352 e. The number of benzene rings is 1. The van der Waals surface area contributed by atoms with Crippen LogP contribution >= 0.6 is 0 Å². The molecule has 0 fully saturated rings. The van der Waals surface area contributed by atoms with E-state index >= 15 is 0 Å². The molecule has 0 radical (unpaired) electrons. The van der Waals surface area contributed by atoms with E-state index in [4.69, 9.17) is 0 Å². The smallest absolute Gasteiger partial charge is 0.269 e. The predicted molar refractivity (Wildman–Crippen MR) is 93.6 cm³/mol. The maximum atomic E-state index is 12.2. The van der Waals surface area contributed by atoms with Gasteiger partial charge in [-0.2, -0.15) is 10.1 Å². The van der Waals surface area contributed by atoms with Crippen molar-refractivity contribution in [3.63, 3.8) is 0 Å². The summed E-state index contributed by atoms with van der Waals surface area (Å²) >= 11 is 0. The van der Waals surface area contributed by atoms with Crippen LogP contribution in [0.1, 0.15) is 26.3 Å². The Morgan fingerprint density at radius 2 is 2.12 bits per heavy atom. The minimum absolute atomic E-state index is 0.0158. The Morgan fingerprint density at radius 3 is 2.80 bits per heavy atom. The highest BCUT2D eigenvalue weighted by molar-refractivity contribution is 5.74. The maximum Gasteiger partial charge on any atom is 0.269 e. The Morgan fingerprint density at radius 1 is 1.36 bits per heavy atom. The van der Waals surface area contributed by atoms with Gasteiger partial charge in [0.25, 0.3) is 11.2 Å². The molecule has 2 aromatic heterocycles. The third kappa shape index (κ3) is 3.35.